The zero-order chi connectivity index (χ0) is 25.9. The predicted octanol–water partition coefficient (Wildman–Crippen LogP) is 4.25. The van der Waals surface area contributed by atoms with Gasteiger partial charge in [0.25, 0.3) is 5.91 Å². The summed E-state index contributed by atoms with van der Waals surface area (Å²) < 4.78 is 13.2. The van der Waals surface area contributed by atoms with Gasteiger partial charge in [-0.2, -0.15) is 5.26 Å². The molecule has 0 aliphatic rings. The molecule has 3 rings (SSSR count). The van der Waals surface area contributed by atoms with Crippen molar-refractivity contribution >= 4 is 41.0 Å². The molecule has 4 N–H and O–H groups in total. The molecular formula is C26H25FN6O3. The Morgan fingerprint density at radius 1 is 1.11 bits per heavy atom. The summed E-state index contributed by atoms with van der Waals surface area (Å²) in [5, 5.41) is 26.2. The van der Waals surface area contributed by atoms with Crippen LogP contribution < -0.4 is 20.9 Å². The number of nitriles is 1. The van der Waals surface area contributed by atoms with Crippen molar-refractivity contribution in [3.8, 4) is 6.07 Å². The zero-order valence-electron chi connectivity index (χ0n) is 19.5. The van der Waals surface area contributed by atoms with Gasteiger partial charge >= 0.3 is 6.03 Å². The third-order valence-corrected chi connectivity index (χ3v) is 5.09. The smallest absolute Gasteiger partial charge is 0.324 e. The van der Waals surface area contributed by atoms with E-state index in [-0.39, 0.29) is 12.5 Å². The van der Waals surface area contributed by atoms with Crippen LogP contribution in [0.5, 0.6) is 0 Å². The fourth-order valence-electron chi connectivity index (χ4n) is 3.15. The Labute approximate surface area is 207 Å². The third-order valence-electron chi connectivity index (χ3n) is 5.09. The fourth-order valence-corrected chi connectivity index (χ4v) is 3.15. The van der Waals surface area contributed by atoms with Gasteiger partial charge in [0, 0.05) is 37.1 Å². The number of nitrogens with zero attached hydrogens (tertiary/aromatic N) is 3. The molecule has 0 atom stereocenters. The van der Waals surface area contributed by atoms with Crippen molar-refractivity contribution < 1.29 is 19.1 Å². The van der Waals surface area contributed by atoms with Crippen LogP contribution in [0.2, 0.25) is 0 Å². The highest BCUT2D eigenvalue weighted by Crippen LogP contribution is 2.30. The number of aliphatic hydroxyl groups excluding tert-OH is 1. The van der Waals surface area contributed by atoms with E-state index in [4.69, 9.17) is 10.4 Å². The van der Waals surface area contributed by atoms with Crippen molar-refractivity contribution in [2.24, 2.45) is 4.99 Å². The maximum atomic E-state index is 13.2. The van der Waals surface area contributed by atoms with Crippen LogP contribution in [0.3, 0.4) is 0 Å². The van der Waals surface area contributed by atoms with Crippen LogP contribution in [0, 0.1) is 17.1 Å². The number of nitrogens with one attached hydrogen (secondary N) is 3. The zero-order valence-corrected chi connectivity index (χ0v) is 19.5. The van der Waals surface area contributed by atoms with Crippen LogP contribution in [0.15, 0.2) is 71.7 Å². The first-order valence-corrected chi connectivity index (χ1v) is 11.0. The lowest BCUT2D eigenvalue weighted by molar-refractivity contribution is 0.0993. The van der Waals surface area contributed by atoms with E-state index < -0.39 is 11.8 Å². The number of hydrogen-bond acceptors (Lipinski definition) is 6. The molecule has 9 nitrogen and oxygen atoms in total. The summed E-state index contributed by atoms with van der Waals surface area (Å²) in [6.07, 6.45) is 1.75. The molecule has 0 unspecified atom stereocenters. The minimum Gasteiger partial charge on any atom is -0.396 e. The number of hydrogen-bond donors (Lipinski definition) is 4. The van der Waals surface area contributed by atoms with Gasteiger partial charge in [-0.05, 0) is 73.2 Å². The lowest BCUT2D eigenvalue weighted by Crippen LogP contribution is -2.27. The normalized spacial score (nSPS) is 10.5. The molecule has 10 heteroatoms. The van der Waals surface area contributed by atoms with Crippen molar-refractivity contribution in [3.05, 3.63) is 83.7 Å². The molecule has 0 bridgehead atoms. The highest BCUT2D eigenvalue weighted by atomic mass is 19.1. The van der Waals surface area contributed by atoms with Crippen LogP contribution in [0.1, 0.15) is 22.3 Å². The van der Waals surface area contributed by atoms with E-state index in [0.717, 1.165) is 0 Å². The van der Waals surface area contributed by atoms with Crippen LogP contribution in [0.25, 0.3) is 0 Å². The number of halogens is 1. The summed E-state index contributed by atoms with van der Waals surface area (Å²) in [4.78, 5) is 30.8. The predicted molar refractivity (Wildman–Crippen MR) is 137 cm³/mol. The number of anilines is 3. The molecule has 0 aromatic heterocycles. The van der Waals surface area contributed by atoms with E-state index in [1.165, 1.54) is 35.5 Å². The van der Waals surface area contributed by atoms with Crippen molar-refractivity contribution in [1.29, 1.82) is 5.26 Å². The Morgan fingerprint density at radius 3 is 2.50 bits per heavy atom. The summed E-state index contributed by atoms with van der Waals surface area (Å²) >= 11 is 0. The van der Waals surface area contributed by atoms with Gasteiger partial charge in [-0.15, -0.1) is 0 Å². The molecule has 0 spiro atoms. The molecule has 3 aromatic rings. The van der Waals surface area contributed by atoms with Crippen LogP contribution in [-0.4, -0.2) is 43.6 Å². The second-order valence-electron chi connectivity index (χ2n) is 7.62. The molecular weight excluding hydrogens is 463 g/mol. The van der Waals surface area contributed by atoms with E-state index in [2.05, 4.69) is 20.9 Å². The summed E-state index contributed by atoms with van der Waals surface area (Å²) in [5.74, 6) is -0.759. The average molecular weight is 489 g/mol. The molecule has 0 saturated heterocycles. The van der Waals surface area contributed by atoms with Gasteiger partial charge in [-0.1, -0.05) is 0 Å². The summed E-state index contributed by atoms with van der Waals surface area (Å²) in [6, 6.07) is 18.3. The van der Waals surface area contributed by atoms with Gasteiger partial charge in [0.15, 0.2) is 0 Å². The number of urea groups is 1. The molecule has 0 aliphatic heterocycles. The molecule has 0 aliphatic carbocycles. The largest absolute Gasteiger partial charge is 0.396 e. The lowest BCUT2D eigenvalue weighted by Gasteiger charge is -2.19. The Hall–Kier alpha value is -4.75. The van der Waals surface area contributed by atoms with E-state index in [0.29, 0.717) is 46.8 Å². The number of rotatable bonds is 9. The highest BCUT2D eigenvalue weighted by molar-refractivity contribution is 6.06. The summed E-state index contributed by atoms with van der Waals surface area (Å²) in [6.45, 7) is 0.519. The quantitative estimate of drug-likeness (QED) is 0.203. The van der Waals surface area contributed by atoms with Gasteiger partial charge in [-0.25, -0.2) is 14.2 Å². The minimum absolute atomic E-state index is 0.0235. The Kier molecular flexibility index (Phi) is 9.08. The molecule has 184 valence electrons. The number of benzene rings is 3. The first-order chi connectivity index (χ1) is 17.4. The first-order valence-electron chi connectivity index (χ1n) is 11.0. The SMILES string of the molecule is CN(C(=O)c1ccc(F)cc1)c1ccc(NCCCO)c(N=CNC(=O)Nc2ccc(C#N)cc2)c1. The molecule has 0 radical (unpaired) electrons. The number of aliphatic hydroxyl groups is 1. The van der Waals surface area contributed by atoms with Crippen molar-refractivity contribution in [2.45, 2.75) is 6.42 Å². The molecule has 3 aromatic carbocycles. The van der Waals surface area contributed by atoms with Crippen molar-refractivity contribution in [1.82, 2.24) is 5.32 Å². The van der Waals surface area contributed by atoms with Crippen molar-refractivity contribution in [2.75, 3.05) is 35.7 Å². The highest BCUT2D eigenvalue weighted by Gasteiger charge is 2.15. The van der Waals surface area contributed by atoms with Crippen LogP contribution in [-0.2, 0) is 0 Å². The maximum absolute atomic E-state index is 13.2. The second-order valence-corrected chi connectivity index (χ2v) is 7.62. The van der Waals surface area contributed by atoms with Gasteiger partial charge < -0.3 is 20.6 Å². The van der Waals surface area contributed by atoms with Crippen LogP contribution >= 0.6 is 0 Å². The Bertz CT molecular complexity index is 1270. The standard InChI is InChI=1S/C26H25FN6O3/c1-33(25(35)19-5-7-20(27)8-6-19)22-11-12-23(29-13-2-14-34)24(15-22)30-17-31-26(36)32-21-9-3-18(16-28)4-10-21/h3-12,15,17,29,34H,2,13-14H2,1H3,(H2,30,31,32,36). The number of carbonyl (C=O) groups excluding carboxylic acids is 2. The summed E-state index contributed by atoms with van der Waals surface area (Å²) in [5.41, 5.74) is 2.94. The number of amides is 3. The number of aliphatic imine (C=N–C) groups is 1. The van der Waals surface area contributed by atoms with Gasteiger partial charge in [-0.3, -0.25) is 10.1 Å². The third kappa shape index (κ3) is 7.12. The Morgan fingerprint density at radius 2 is 1.83 bits per heavy atom. The van der Waals surface area contributed by atoms with Gasteiger partial charge in [0.1, 0.15) is 5.82 Å². The molecule has 36 heavy (non-hydrogen) atoms. The van der Waals surface area contributed by atoms with Crippen LogP contribution in [0.4, 0.5) is 31.9 Å². The Balaban J connectivity index is 1.74. The summed E-state index contributed by atoms with van der Waals surface area (Å²) in [7, 11) is 1.59. The minimum atomic E-state index is -0.530. The molecule has 0 heterocycles. The molecule has 3 amide bonds. The maximum Gasteiger partial charge on any atom is 0.324 e. The van der Waals surface area contributed by atoms with E-state index in [1.54, 1.807) is 49.5 Å². The average Bonchev–Trinajstić information content (AvgIpc) is 2.89. The molecule has 0 fully saturated rings. The fraction of sp³-hybridized carbons (Fsp3) is 0.154. The topological polar surface area (TPSA) is 130 Å². The van der Waals surface area contributed by atoms with E-state index in [9.17, 15) is 14.0 Å². The second kappa shape index (κ2) is 12.6. The van der Waals surface area contributed by atoms with Crippen molar-refractivity contribution in [3.63, 3.8) is 0 Å². The number of carbonyl (C=O) groups is 2. The van der Waals surface area contributed by atoms with E-state index in [1.807, 2.05) is 6.07 Å². The monoisotopic (exact) mass is 488 g/mol. The van der Waals surface area contributed by atoms with E-state index >= 15 is 0 Å². The van der Waals surface area contributed by atoms with Gasteiger partial charge in [0.2, 0.25) is 0 Å². The molecule has 0 saturated carbocycles. The lowest BCUT2D eigenvalue weighted by atomic mass is 10.1. The first kappa shape index (κ1) is 25.9. The van der Waals surface area contributed by atoms with Gasteiger partial charge in [0.05, 0.1) is 29.3 Å².